The molecule has 2 atom stereocenters. The molecule has 0 radical (unpaired) electrons. The third-order valence-corrected chi connectivity index (χ3v) is 4.95. The SMILES string of the molecule is CN[C@@H]1C[C@@H](c2ccc(Cl)c(Cl)c2)c2c(OC)cccc21. The number of ether oxygens (including phenoxy) is 1. The molecule has 1 aliphatic carbocycles. The van der Waals surface area contributed by atoms with E-state index >= 15 is 0 Å². The van der Waals surface area contributed by atoms with Gasteiger partial charge in [0, 0.05) is 17.5 Å². The second-order valence-corrected chi connectivity index (χ2v) is 6.08. The summed E-state index contributed by atoms with van der Waals surface area (Å²) in [7, 11) is 3.71. The molecule has 0 amide bonds. The van der Waals surface area contributed by atoms with Crippen LogP contribution in [0.15, 0.2) is 36.4 Å². The van der Waals surface area contributed by atoms with Gasteiger partial charge in [0.05, 0.1) is 17.2 Å². The number of methoxy groups -OCH3 is 1. The van der Waals surface area contributed by atoms with Gasteiger partial charge in [-0.15, -0.1) is 0 Å². The van der Waals surface area contributed by atoms with Gasteiger partial charge in [-0.1, -0.05) is 41.4 Å². The number of fused-ring (bicyclic) bond motifs is 1. The molecule has 0 unspecified atom stereocenters. The molecule has 0 bridgehead atoms. The minimum absolute atomic E-state index is 0.267. The van der Waals surface area contributed by atoms with Crippen LogP contribution in [-0.2, 0) is 0 Å². The van der Waals surface area contributed by atoms with Crippen LogP contribution in [0.25, 0.3) is 0 Å². The van der Waals surface area contributed by atoms with Crippen molar-refractivity contribution in [3.05, 3.63) is 63.1 Å². The Morgan fingerprint density at radius 3 is 2.62 bits per heavy atom. The third-order valence-electron chi connectivity index (χ3n) is 4.21. The summed E-state index contributed by atoms with van der Waals surface area (Å²) < 4.78 is 5.57. The Kier molecular flexibility index (Phi) is 4.12. The van der Waals surface area contributed by atoms with Gasteiger partial charge in [0.1, 0.15) is 5.75 Å². The molecule has 0 aromatic heterocycles. The molecule has 2 aromatic carbocycles. The largest absolute Gasteiger partial charge is 0.496 e. The molecule has 0 fully saturated rings. The smallest absolute Gasteiger partial charge is 0.123 e. The predicted octanol–water partition coefficient (Wildman–Crippen LogP) is 4.80. The van der Waals surface area contributed by atoms with Crippen LogP contribution in [0.4, 0.5) is 0 Å². The maximum atomic E-state index is 6.18. The molecule has 110 valence electrons. The lowest BCUT2D eigenvalue weighted by atomic mass is 9.92. The van der Waals surface area contributed by atoms with Crippen molar-refractivity contribution in [1.29, 1.82) is 0 Å². The Hall–Kier alpha value is -1.22. The summed E-state index contributed by atoms with van der Waals surface area (Å²) in [5.74, 6) is 1.20. The average Bonchev–Trinajstić information content (AvgIpc) is 2.89. The van der Waals surface area contributed by atoms with Crippen molar-refractivity contribution in [2.45, 2.75) is 18.4 Å². The molecular weight excluding hydrogens is 305 g/mol. The second kappa shape index (κ2) is 5.88. The highest BCUT2D eigenvalue weighted by Gasteiger charge is 2.33. The van der Waals surface area contributed by atoms with Gasteiger partial charge in [0.25, 0.3) is 0 Å². The fourth-order valence-corrected chi connectivity index (χ4v) is 3.51. The van der Waals surface area contributed by atoms with Gasteiger partial charge in [-0.2, -0.15) is 0 Å². The molecule has 0 aliphatic heterocycles. The standard InChI is InChI=1S/C17H17Cl2NO/c1-20-15-9-12(10-6-7-13(18)14(19)8-10)17-11(15)4-3-5-16(17)21-2/h3-8,12,15,20H,9H2,1-2H3/t12-,15+/m0/s1. The van der Waals surface area contributed by atoms with E-state index in [1.807, 2.05) is 37.4 Å². The second-order valence-electron chi connectivity index (χ2n) is 5.27. The van der Waals surface area contributed by atoms with E-state index in [0.29, 0.717) is 16.1 Å². The van der Waals surface area contributed by atoms with Crippen LogP contribution in [0.5, 0.6) is 5.75 Å². The number of halogens is 2. The van der Waals surface area contributed by atoms with Crippen LogP contribution in [-0.4, -0.2) is 14.2 Å². The molecule has 0 saturated heterocycles. The van der Waals surface area contributed by atoms with E-state index in [2.05, 4.69) is 11.4 Å². The van der Waals surface area contributed by atoms with Crippen molar-refractivity contribution in [2.75, 3.05) is 14.2 Å². The topological polar surface area (TPSA) is 21.3 Å². The van der Waals surface area contributed by atoms with Crippen LogP contribution in [0.1, 0.15) is 35.1 Å². The van der Waals surface area contributed by atoms with Gasteiger partial charge in [0.2, 0.25) is 0 Å². The van der Waals surface area contributed by atoms with Crippen LogP contribution < -0.4 is 10.1 Å². The van der Waals surface area contributed by atoms with Crippen molar-refractivity contribution in [3.63, 3.8) is 0 Å². The maximum absolute atomic E-state index is 6.18. The van der Waals surface area contributed by atoms with Crippen LogP contribution >= 0.6 is 23.2 Å². The molecule has 2 nitrogen and oxygen atoms in total. The molecule has 0 spiro atoms. The summed E-state index contributed by atoms with van der Waals surface area (Å²) in [6, 6.07) is 12.4. The van der Waals surface area contributed by atoms with Gasteiger partial charge in [-0.25, -0.2) is 0 Å². The van der Waals surface area contributed by atoms with Crippen molar-refractivity contribution >= 4 is 23.2 Å². The van der Waals surface area contributed by atoms with E-state index in [-0.39, 0.29) is 5.92 Å². The highest BCUT2D eigenvalue weighted by molar-refractivity contribution is 6.42. The average molecular weight is 322 g/mol. The molecule has 21 heavy (non-hydrogen) atoms. The minimum Gasteiger partial charge on any atom is -0.496 e. The number of hydrogen-bond donors (Lipinski definition) is 1. The predicted molar refractivity (Wildman–Crippen MR) is 87.7 cm³/mol. The van der Waals surface area contributed by atoms with E-state index in [1.54, 1.807) is 7.11 Å². The quantitative estimate of drug-likeness (QED) is 0.876. The minimum atomic E-state index is 0.267. The van der Waals surface area contributed by atoms with E-state index in [9.17, 15) is 0 Å². The Morgan fingerprint density at radius 2 is 1.95 bits per heavy atom. The summed E-state index contributed by atoms with van der Waals surface area (Å²) in [6.45, 7) is 0. The first-order valence-corrected chi connectivity index (χ1v) is 7.70. The fraction of sp³-hybridized carbons (Fsp3) is 0.294. The zero-order valence-corrected chi connectivity index (χ0v) is 13.5. The monoisotopic (exact) mass is 321 g/mol. The molecule has 0 saturated carbocycles. The summed E-state index contributed by atoms with van der Waals surface area (Å²) in [4.78, 5) is 0. The summed E-state index contributed by atoms with van der Waals surface area (Å²) in [5.41, 5.74) is 3.72. The summed E-state index contributed by atoms with van der Waals surface area (Å²) in [5, 5.41) is 4.57. The van der Waals surface area contributed by atoms with E-state index in [0.717, 1.165) is 12.2 Å². The number of hydrogen-bond acceptors (Lipinski definition) is 2. The molecule has 1 aliphatic rings. The maximum Gasteiger partial charge on any atom is 0.123 e. The number of benzene rings is 2. The van der Waals surface area contributed by atoms with Crippen LogP contribution in [0.2, 0.25) is 10.0 Å². The van der Waals surface area contributed by atoms with Crippen LogP contribution in [0.3, 0.4) is 0 Å². The lowest BCUT2D eigenvalue weighted by molar-refractivity contribution is 0.408. The van der Waals surface area contributed by atoms with Crippen molar-refractivity contribution < 1.29 is 4.74 Å². The van der Waals surface area contributed by atoms with E-state index in [1.165, 1.54) is 16.7 Å². The number of rotatable bonds is 3. The third kappa shape index (κ3) is 2.52. The van der Waals surface area contributed by atoms with Gasteiger partial charge in [-0.05, 0) is 42.8 Å². The number of nitrogens with one attached hydrogen (secondary N) is 1. The van der Waals surface area contributed by atoms with Gasteiger partial charge in [0.15, 0.2) is 0 Å². The van der Waals surface area contributed by atoms with Gasteiger partial charge < -0.3 is 10.1 Å². The first-order chi connectivity index (χ1) is 10.2. The zero-order chi connectivity index (χ0) is 15.0. The highest BCUT2D eigenvalue weighted by Crippen LogP contribution is 2.48. The van der Waals surface area contributed by atoms with Crippen molar-refractivity contribution in [2.24, 2.45) is 0 Å². The van der Waals surface area contributed by atoms with E-state index < -0.39 is 0 Å². The lowest BCUT2D eigenvalue weighted by Gasteiger charge is -2.16. The normalized spacial score (nSPS) is 20.4. The van der Waals surface area contributed by atoms with Gasteiger partial charge in [-0.3, -0.25) is 0 Å². The van der Waals surface area contributed by atoms with Crippen molar-refractivity contribution in [1.82, 2.24) is 5.32 Å². The Bertz CT molecular complexity index is 672. The lowest BCUT2D eigenvalue weighted by Crippen LogP contribution is -2.13. The Morgan fingerprint density at radius 1 is 1.14 bits per heavy atom. The first kappa shape index (κ1) is 14.7. The molecule has 4 heteroatoms. The van der Waals surface area contributed by atoms with Crippen LogP contribution in [0, 0.1) is 0 Å². The summed E-state index contributed by atoms with van der Waals surface area (Å²) >= 11 is 12.2. The zero-order valence-electron chi connectivity index (χ0n) is 12.0. The molecule has 0 heterocycles. The van der Waals surface area contributed by atoms with Crippen molar-refractivity contribution in [3.8, 4) is 5.75 Å². The van der Waals surface area contributed by atoms with Gasteiger partial charge >= 0.3 is 0 Å². The molecule has 2 aromatic rings. The highest BCUT2D eigenvalue weighted by atomic mass is 35.5. The Balaban J connectivity index is 2.12. The fourth-order valence-electron chi connectivity index (χ4n) is 3.20. The first-order valence-electron chi connectivity index (χ1n) is 6.94. The Labute approximate surface area is 135 Å². The van der Waals surface area contributed by atoms with E-state index in [4.69, 9.17) is 27.9 Å². The molecule has 1 N–H and O–H groups in total. The summed E-state index contributed by atoms with van der Waals surface area (Å²) in [6.07, 6.45) is 0.990. The molecular formula is C17H17Cl2NO. The molecule has 3 rings (SSSR count).